The van der Waals surface area contributed by atoms with E-state index in [1.807, 2.05) is 54.6 Å². The number of fused-ring (bicyclic) bond motifs is 3. The molecule has 5 heterocycles. The van der Waals surface area contributed by atoms with E-state index in [1.165, 1.54) is 12.4 Å². The van der Waals surface area contributed by atoms with Crippen LogP contribution in [0.15, 0.2) is 67.0 Å². The molecule has 4 aromatic rings. The van der Waals surface area contributed by atoms with Gasteiger partial charge in [0.05, 0.1) is 24.1 Å². The molecule has 8 rings (SSSR count). The number of ether oxygens (including phenoxy) is 3. The van der Waals surface area contributed by atoms with Gasteiger partial charge in [0.15, 0.2) is 11.5 Å². The molecule has 0 radical (unpaired) electrons. The summed E-state index contributed by atoms with van der Waals surface area (Å²) in [5, 5.41) is 26.7. The van der Waals surface area contributed by atoms with E-state index >= 15 is 0 Å². The first-order chi connectivity index (χ1) is 25.7. The van der Waals surface area contributed by atoms with Gasteiger partial charge in [0.25, 0.3) is 0 Å². The highest BCUT2D eigenvalue weighted by atomic mass is 35.5. The summed E-state index contributed by atoms with van der Waals surface area (Å²) in [6, 6.07) is 16.1. The fraction of sp³-hybridized carbons (Fsp3) is 0.425. The van der Waals surface area contributed by atoms with Crippen LogP contribution in [0.4, 0.5) is 0 Å². The summed E-state index contributed by atoms with van der Waals surface area (Å²) in [5.41, 5.74) is 2.56. The van der Waals surface area contributed by atoms with Gasteiger partial charge >= 0.3 is 5.97 Å². The van der Waals surface area contributed by atoms with Gasteiger partial charge in [-0.15, -0.1) is 36.2 Å². The zero-order valence-corrected chi connectivity index (χ0v) is 34.2. The lowest BCUT2D eigenvalue weighted by atomic mass is 9.85. The van der Waals surface area contributed by atoms with Crippen LogP contribution in [0.25, 0.3) is 0 Å². The van der Waals surface area contributed by atoms with Gasteiger partial charge in [0.1, 0.15) is 22.2 Å². The number of thiophene rings is 1. The summed E-state index contributed by atoms with van der Waals surface area (Å²) >= 11 is 14.3. The fourth-order valence-corrected chi connectivity index (χ4v) is 9.56. The van der Waals surface area contributed by atoms with Crippen molar-refractivity contribution in [2.24, 2.45) is 5.92 Å². The number of rotatable bonds is 14. The molecule has 1 saturated carbocycles. The minimum absolute atomic E-state index is 0. The first kappa shape index (κ1) is 42.8. The van der Waals surface area contributed by atoms with E-state index in [9.17, 15) is 19.9 Å². The van der Waals surface area contributed by atoms with Crippen LogP contribution in [-0.2, 0) is 22.5 Å². The van der Waals surface area contributed by atoms with Crippen molar-refractivity contribution >= 4 is 71.3 Å². The van der Waals surface area contributed by atoms with Crippen molar-refractivity contribution in [2.75, 3.05) is 26.7 Å². The predicted molar refractivity (Wildman–Crippen MR) is 213 cm³/mol. The Morgan fingerprint density at radius 2 is 1.67 bits per heavy atom. The Kier molecular flexibility index (Phi) is 15.0. The van der Waals surface area contributed by atoms with E-state index in [0.29, 0.717) is 33.4 Å². The molecule has 4 fully saturated rings. The van der Waals surface area contributed by atoms with Crippen LogP contribution < -0.4 is 24.6 Å². The number of pyridine rings is 1. The Morgan fingerprint density at radius 1 is 0.982 bits per heavy atom. The number of carboxylic acids is 1. The number of benzene rings is 2. The molecule has 0 amide bonds. The minimum Gasteiger partial charge on any atom is -0.544 e. The second-order valence-electron chi connectivity index (χ2n) is 14.1. The monoisotopic (exact) mass is 851 g/mol. The summed E-state index contributed by atoms with van der Waals surface area (Å²) in [6.07, 6.45) is 8.90. The molecule has 2 unspecified atom stereocenters. The Labute approximate surface area is 347 Å². The molecular weight excluding hydrogens is 808 g/mol. The fourth-order valence-electron chi connectivity index (χ4n) is 7.94. The molecule has 0 spiro atoms. The number of carbonyl (C=O) groups is 2. The summed E-state index contributed by atoms with van der Waals surface area (Å²) in [5.74, 6) is -0.743. The lowest BCUT2D eigenvalue weighted by molar-refractivity contribution is -0.904. The first-order valence-corrected chi connectivity index (χ1v) is 19.7. The number of aromatic nitrogens is 1. The third-order valence-corrected chi connectivity index (χ3v) is 12.5. The SMILES string of the molecule is COc1ccc(C(Cc2c(Cl)c[n+](O)cc2Cl)c2cc(CNC(C(=O)O[C@H]3CN4CCC3CC4)c3ccccc3)sc2C(=O)[O-])cc1OC1CCCC1.Cl.Cl. The number of nitrogens with zero attached hydrogens (tertiary/aromatic N) is 2. The Balaban J connectivity index is 0.00000290. The first-order valence-electron chi connectivity index (χ1n) is 18.1. The number of carboxylic acid groups (broad SMARTS) is 1. The Bertz CT molecular complexity index is 1910. The van der Waals surface area contributed by atoms with Crippen molar-refractivity contribution in [2.45, 2.75) is 75.7 Å². The quantitative estimate of drug-likeness (QED) is 0.0788. The van der Waals surface area contributed by atoms with E-state index in [2.05, 4.69) is 10.2 Å². The lowest BCUT2D eigenvalue weighted by Gasteiger charge is -2.44. The smallest absolute Gasteiger partial charge is 0.328 e. The lowest BCUT2D eigenvalue weighted by Crippen LogP contribution is -2.52. The van der Waals surface area contributed by atoms with Gasteiger partial charge < -0.3 is 24.1 Å². The largest absolute Gasteiger partial charge is 0.544 e. The van der Waals surface area contributed by atoms with Gasteiger partial charge in [-0.2, -0.15) is 0 Å². The number of nitrogens with one attached hydrogen (secondary N) is 1. The van der Waals surface area contributed by atoms with E-state index < -0.39 is 17.9 Å². The second-order valence-corrected chi connectivity index (χ2v) is 16.1. The number of hydrogen-bond acceptors (Lipinski definition) is 10. The van der Waals surface area contributed by atoms with Gasteiger partial charge in [0, 0.05) is 34.2 Å². The van der Waals surface area contributed by atoms with Gasteiger partial charge in [-0.25, -0.2) is 4.79 Å². The molecule has 296 valence electrons. The van der Waals surface area contributed by atoms with Gasteiger partial charge in [-0.3, -0.25) is 15.4 Å². The molecule has 2 N–H and O–H groups in total. The van der Waals surface area contributed by atoms with E-state index in [1.54, 1.807) is 7.11 Å². The summed E-state index contributed by atoms with van der Waals surface area (Å²) in [7, 11) is 1.59. The Morgan fingerprint density at radius 3 is 2.29 bits per heavy atom. The minimum atomic E-state index is -1.32. The molecule has 4 aliphatic rings. The number of halogens is 4. The number of piperidine rings is 3. The average Bonchev–Trinajstić information content (AvgIpc) is 3.83. The topological polar surface area (TPSA) is 124 Å². The van der Waals surface area contributed by atoms with Crippen LogP contribution in [-0.4, -0.2) is 61.0 Å². The van der Waals surface area contributed by atoms with Crippen LogP contribution in [0.5, 0.6) is 11.5 Å². The number of carbonyl (C=O) groups excluding carboxylic acids is 2. The molecule has 2 aromatic carbocycles. The van der Waals surface area contributed by atoms with Gasteiger partial charge in [0.2, 0.25) is 12.4 Å². The van der Waals surface area contributed by atoms with Gasteiger partial charge in [-0.05, 0) is 98.8 Å². The summed E-state index contributed by atoms with van der Waals surface area (Å²) in [4.78, 5) is 29.7. The highest BCUT2D eigenvalue weighted by Crippen LogP contribution is 2.42. The molecule has 2 aromatic heterocycles. The van der Waals surface area contributed by atoms with E-state index in [4.69, 9.17) is 37.4 Å². The molecular formula is C40H45Cl4N3O7S. The zero-order chi connectivity index (χ0) is 37.1. The standard InChI is InChI=1S/C40H43Cl2N3O7S.2ClH/c1-50-34-12-11-26(17-35(34)51-27-9-5-6-10-27)29(19-31-32(41)21-45(49)22-33(31)42)30-18-28(53-38(30)39(46)47)20-43-37(25-7-3-2-4-8-25)40(48)52-36-23-44-15-13-24(36)14-16-44;;/h2-4,7-8,11-12,17-18,21-22,24,27,29,36-37,43H,5-6,9-10,13-16,19-20,23H2,1H3,(H-,46,47,49);2*1H/t29?,36-,37?;;/m0../s1. The third-order valence-electron chi connectivity index (χ3n) is 10.7. The molecule has 15 heteroatoms. The second kappa shape index (κ2) is 19.2. The van der Waals surface area contributed by atoms with Crippen LogP contribution in [0.1, 0.15) is 87.3 Å². The maximum Gasteiger partial charge on any atom is 0.328 e. The predicted octanol–water partition coefficient (Wildman–Crippen LogP) is 6.96. The van der Waals surface area contributed by atoms with Crippen molar-refractivity contribution in [1.82, 2.24) is 10.2 Å². The molecule has 3 aliphatic heterocycles. The number of esters is 1. The van der Waals surface area contributed by atoms with Crippen LogP contribution >= 0.6 is 59.4 Å². The molecule has 1 aliphatic carbocycles. The molecule has 55 heavy (non-hydrogen) atoms. The zero-order valence-electron chi connectivity index (χ0n) is 30.3. The van der Waals surface area contributed by atoms with Crippen molar-refractivity contribution in [3.8, 4) is 11.5 Å². The van der Waals surface area contributed by atoms with Crippen molar-refractivity contribution in [3.05, 3.63) is 109 Å². The number of methoxy groups -OCH3 is 1. The van der Waals surface area contributed by atoms with Crippen molar-refractivity contribution < 1.29 is 38.8 Å². The van der Waals surface area contributed by atoms with E-state index in [-0.39, 0.29) is 70.9 Å². The van der Waals surface area contributed by atoms with Crippen molar-refractivity contribution in [1.29, 1.82) is 0 Å². The van der Waals surface area contributed by atoms with Gasteiger partial charge in [-0.1, -0.05) is 59.6 Å². The maximum atomic E-state index is 13.8. The number of hydrogen-bond donors (Lipinski definition) is 2. The summed E-state index contributed by atoms with van der Waals surface area (Å²) < 4.78 is 19.0. The maximum absolute atomic E-state index is 13.8. The Hall–Kier alpha value is -3.29. The van der Waals surface area contributed by atoms with Crippen molar-refractivity contribution in [3.63, 3.8) is 0 Å². The molecule has 10 nitrogen and oxygen atoms in total. The van der Waals surface area contributed by atoms with Crippen LogP contribution in [0.2, 0.25) is 10.0 Å². The molecule has 3 atom stereocenters. The summed E-state index contributed by atoms with van der Waals surface area (Å²) in [6.45, 7) is 3.02. The van der Waals surface area contributed by atoms with Crippen LogP contribution in [0.3, 0.4) is 0 Å². The number of aromatic carboxylic acids is 1. The highest BCUT2D eigenvalue weighted by Gasteiger charge is 2.38. The normalized spacial score (nSPS) is 20.2. The average molecular weight is 854 g/mol. The van der Waals surface area contributed by atoms with E-state index in [0.717, 1.165) is 85.4 Å². The highest BCUT2D eigenvalue weighted by molar-refractivity contribution is 7.14. The molecule has 2 bridgehead atoms. The molecule has 3 saturated heterocycles. The third kappa shape index (κ3) is 10.00. The van der Waals surface area contributed by atoms with Crippen LogP contribution in [0, 0.1) is 5.92 Å².